The van der Waals surface area contributed by atoms with E-state index in [2.05, 4.69) is 12.1 Å². The van der Waals surface area contributed by atoms with Crippen LogP contribution in [-0.4, -0.2) is 20.8 Å². The summed E-state index contributed by atoms with van der Waals surface area (Å²) in [6.45, 7) is 0.672. The highest BCUT2D eigenvalue weighted by Crippen LogP contribution is 2.44. The standard InChI is InChI=1S/C15H23NO2/c1-17-14-8-5-7-12(10-14)15(18-2)9-4-3-6-13(15)11-16/h5,7-8,10,13H,3-4,6,9,11,16H2,1-2H3. The summed E-state index contributed by atoms with van der Waals surface area (Å²) in [6.07, 6.45) is 4.62. The van der Waals surface area contributed by atoms with Crippen molar-refractivity contribution in [3.63, 3.8) is 0 Å². The Kier molecular flexibility index (Phi) is 4.25. The number of ether oxygens (including phenoxy) is 2. The molecule has 1 fully saturated rings. The first-order valence-corrected chi connectivity index (χ1v) is 6.66. The van der Waals surface area contributed by atoms with Crippen LogP contribution in [0, 0.1) is 5.92 Å². The van der Waals surface area contributed by atoms with Crippen LogP contribution >= 0.6 is 0 Å². The second-order valence-corrected chi connectivity index (χ2v) is 5.00. The SMILES string of the molecule is COc1cccc(C2(OC)CCCCC2CN)c1. The fraction of sp³-hybridized carbons (Fsp3) is 0.600. The number of methoxy groups -OCH3 is 2. The van der Waals surface area contributed by atoms with Gasteiger partial charge in [-0.15, -0.1) is 0 Å². The van der Waals surface area contributed by atoms with Crippen molar-refractivity contribution in [1.29, 1.82) is 0 Å². The van der Waals surface area contributed by atoms with E-state index in [1.165, 1.54) is 18.4 Å². The normalized spacial score (nSPS) is 28.1. The molecule has 18 heavy (non-hydrogen) atoms. The molecular weight excluding hydrogens is 226 g/mol. The van der Waals surface area contributed by atoms with Gasteiger partial charge in [0.1, 0.15) is 5.75 Å². The first-order valence-electron chi connectivity index (χ1n) is 6.66. The zero-order valence-corrected chi connectivity index (χ0v) is 11.3. The molecule has 1 saturated carbocycles. The third-order valence-corrected chi connectivity index (χ3v) is 4.22. The Morgan fingerprint density at radius 2 is 2.17 bits per heavy atom. The molecule has 2 unspecified atom stereocenters. The quantitative estimate of drug-likeness (QED) is 0.892. The summed E-state index contributed by atoms with van der Waals surface area (Å²) in [7, 11) is 3.49. The van der Waals surface area contributed by atoms with Gasteiger partial charge in [-0.3, -0.25) is 0 Å². The van der Waals surface area contributed by atoms with Gasteiger partial charge < -0.3 is 15.2 Å². The van der Waals surface area contributed by atoms with Crippen molar-refractivity contribution in [3.8, 4) is 5.75 Å². The van der Waals surface area contributed by atoms with E-state index in [-0.39, 0.29) is 5.60 Å². The van der Waals surface area contributed by atoms with Crippen LogP contribution in [-0.2, 0) is 10.3 Å². The number of hydrogen-bond donors (Lipinski definition) is 1. The maximum absolute atomic E-state index is 5.95. The van der Waals surface area contributed by atoms with Crippen molar-refractivity contribution >= 4 is 0 Å². The maximum atomic E-state index is 5.95. The van der Waals surface area contributed by atoms with Crippen LogP contribution in [0.2, 0.25) is 0 Å². The van der Waals surface area contributed by atoms with E-state index in [0.717, 1.165) is 18.6 Å². The molecule has 1 aliphatic carbocycles. The van der Waals surface area contributed by atoms with Crippen molar-refractivity contribution < 1.29 is 9.47 Å². The Labute approximate surface area is 109 Å². The van der Waals surface area contributed by atoms with E-state index in [9.17, 15) is 0 Å². The topological polar surface area (TPSA) is 44.5 Å². The lowest BCUT2D eigenvalue weighted by molar-refractivity contribution is -0.0865. The molecule has 2 atom stereocenters. The summed E-state index contributed by atoms with van der Waals surface area (Å²) in [6, 6.07) is 8.20. The molecular formula is C15H23NO2. The number of nitrogens with two attached hydrogens (primary N) is 1. The van der Waals surface area contributed by atoms with Gasteiger partial charge in [0.05, 0.1) is 12.7 Å². The van der Waals surface area contributed by atoms with E-state index in [1.807, 2.05) is 12.1 Å². The predicted octanol–water partition coefficient (Wildman–Crippen LogP) is 2.69. The maximum Gasteiger partial charge on any atom is 0.119 e. The lowest BCUT2D eigenvalue weighted by Gasteiger charge is -2.43. The average Bonchev–Trinajstić information content (AvgIpc) is 2.47. The highest BCUT2D eigenvalue weighted by Gasteiger charge is 2.41. The largest absolute Gasteiger partial charge is 0.497 e. The van der Waals surface area contributed by atoms with Crippen molar-refractivity contribution in [3.05, 3.63) is 29.8 Å². The summed E-state index contributed by atoms with van der Waals surface area (Å²) in [5.74, 6) is 1.27. The molecule has 0 amide bonds. The zero-order chi connectivity index (χ0) is 13.0. The summed E-state index contributed by atoms with van der Waals surface area (Å²) < 4.78 is 11.2. The number of hydrogen-bond acceptors (Lipinski definition) is 3. The minimum atomic E-state index is -0.235. The van der Waals surface area contributed by atoms with Gasteiger partial charge in [0.15, 0.2) is 0 Å². The molecule has 100 valence electrons. The van der Waals surface area contributed by atoms with Gasteiger partial charge in [0, 0.05) is 13.0 Å². The van der Waals surface area contributed by atoms with Gasteiger partial charge in [-0.25, -0.2) is 0 Å². The van der Waals surface area contributed by atoms with Gasteiger partial charge in [0.25, 0.3) is 0 Å². The van der Waals surface area contributed by atoms with Crippen LogP contribution in [0.4, 0.5) is 0 Å². The van der Waals surface area contributed by atoms with Gasteiger partial charge in [-0.2, -0.15) is 0 Å². The fourth-order valence-electron chi connectivity index (χ4n) is 3.18. The van der Waals surface area contributed by atoms with Gasteiger partial charge in [0.2, 0.25) is 0 Å². The third kappa shape index (κ3) is 2.25. The molecule has 0 heterocycles. The van der Waals surface area contributed by atoms with Crippen LogP contribution in [0.3, 0.4) is 0 Å². The van der Waals surface area contributed by atoms with Crippen LogP contribution in [0.1, 0.15) is 31.2 Å². The van der Waals surface area contributed by atoms with E-state index in [1.54, 1.807) is 14.2 Å². The van der Waals surface area contributed by atoms with Crippen LogP contribution < -0.4 is 10.5 Å². The average molecular weight is 249 g/mol. The third-order valence-electron chi connectivity index (χ3n) is 4.22. The Balaban J connectivity index is 2.40. The number of benzene rings is 1. The molecule has 1 aromatic rings. The van der Waals surface area contributed by atoms with Crippen molar-refractivity contribution in [2.24, 2.45) is 11.7 Å². The van der Waals surface area contributed by atoms with E-state index in [0.29, 0.717) is 12.5 Å². The molecule has 2 N–H and O–H groups in total. The number of rotatable bonds is 4. The van der Waals surface area contributed by atoms with Crippen LogP contribution in [0.5, 0.6) is 5.75 Å². The lowest BCUT2D eigenvalue weighted by atomic mass is 9.71. The summed E-state index contributed by atoms with van der Waals surface area (Å²) >= 11 is 0. The fourth-order valence-corrected chi connectivity index (χ4v) is 3.18. The molecule has 1 aromatic carbocycles. The molecule has 0 saturated heterocycles. The second kappa shape index (κ2) is 5.72. The molecule has 0 aromatic heterocycles. The minimum absolute atomic E-state index is 0.235. The van der Waals surface area contributed by atoms with Gasteiger partial charge in [-0.1, -0.05) is 25.0 Å². The van der Waals surface area contributed by atoms with Crippen molar-refractivity contribution in [1.82, 2.24) is 0 Å². The van der Waals surface area contributed by atoms with Gasteiger partial charge >= 0.3 is 0 Å². The monoisotopic (exact) mass is 249 g/mol. The van der Waals surface area contributed by atoms with Crippen molar-refractivity contribution in [2.45, 2.75) is 31.3 Å². The highest BCUT2D eigenvalue weighted by molar-refractivity contribution is 5.33. The first-order chi connectivity index (χ1) is 8.76. The summed E-state index contributed by atoms with van der Waals surface area (Å²) in [5.41, 5.74) is 6.91. The van der Waals surface area contributed by atoms with Crippen molar-refractivity contribution in [2.75, 3.05) is 20.8 Å². The predicted molar refractivity (Wildman–Crippen MR) is 72.7 cm³/mol. The van der Waals surface area contributed by atoms with Crippen LogP contribution in [0.25, 0.3) is 0 Å². The Morgan fingerprint density at radius 1 is 1.33 bits per heavy atom. The second-order valence-electron chi connectivity index (χ2n) is 5.00. The molecule has 0 radical (unpaired) electrons. The highest BCUT2D eigenvalue weighted by atomic mass is 16.5. The molecule has 0 spiro atoms. The molecule has 2 rings (SSSR count). The lowest BCUT2D eigenvalue weighted by Crippen LogP contribution is -2.43. The molecule has 0 bridgehead atoms. The Bertz CT molecular complexity index is 394. The zero-order valence-electron chi connectivity index (χ0n) is 11.3. The molecule has 3 heteroatoms. The summed E-state index contributed by atoms with van der Waals surface area (Å²) in [5, 5.41) is 0. The van der Waals surface area contributed by atoms with Gasteiger partial charge in [-0.05, 0) is 37.1 Å². The molecule has 0 aliphatic heterocycles. The van der Waals surface area contributed by atoms with E-state index in [4.69, 9.17) is 15.2 Å². The summed E-state index contributed by atoms with van der Waals surface area (Å²) in [4.78, 5) is 0. The smallest absolute Gasteiger partial charge is 0.119 e. The Hall–Kier alpha value is -1.06. The molecule has 1 aliphatic rings. The van der Waals surface area contributed by atoms with Crippen LogP contribution in [0.15, 0.2) is 24.3 Å². The minimum Gasteiger partial charge on any atom is -0.497 e. The van der Waals surface area contributed by atoms with E-state index < -0.39 is 0 Å². The molecule has 3 nitrogen and oxygen atoms in total. The van der Waals surface area contributed by atoms with E-state index >= 15 is 0 Å². The first kappa shape index (κ1) is 13.4. The Morgan fingerprint density at radius 3 is 2.83 bits per heavy atom.